The Labute approximate surface area is 151 Å². The van der Waals surface area contributed by atoms with Gasteiger partial charge in [0.05, 0.1) is 5.41 Å². The van der Waals surface area contributed by atoms with E-state index < -0.39 is 11.0 Å². The molecule has 1 amide bonds. The molecule has 2 aromatic rings. The van der Waals surface area contributed by atoms with Gasteiger partial charge in [0.2, 0.25) is 11.8 Å². The number of hydrogen-bond acceptors (Lipinski definition) is 5. The zero-order valence-corrected chi connectivity index (χ0v) is 14.9. The first-order valence-corrected chi connectivity index (χ1v) is 9.09. The van der Waals surface area contributed by atoms with Gasteiger partial charge in [0.25, 0.3) is 0 Å². The van der Waals surface area contributed by atoms with Gasteiger partial charge < -0.3 is 15.2 Å². The third-order valence-corrected chi connectivity index (χ3v) is 5.87. The second kappa shape index (κ2) is 6.16. The van der Waals surface area contributed by atoms with Gasteiger partial charge in [-0.1, -0.05) is 36.2 Å². The van der Waals surface area contributed by atoms with Crippen molar-refractivity contribution in [1.82, 2.24) is 15.0 Å². The van der Waals surface area contributed by atoms with Gasteiger partial charge in [-0.15, -0.1) is 0 Å². The molecule has 7 heteroatoms. The van der Waals surface area contributed by atoms with Crippen LogP contribution in [0.3, 0.4) is 0 Å². The Hall–Kier alpha value is -2.28. The third-order valence-electron chi connectivity index (χ3n) is 5.87. The highest BCUT2D eigenvalue weighted by Crippen LogP contribution is 2.46. The van der Waals surface area contributed by atoms with Crippen molar-refractivity contribution in [3.8, 4) is 0 Å². The summed E-state index contributed by atoms with van der Waals surface area (Å²) in [7, 11) is 0. The number of carbonyl (C=O) groups excluding carboxylic acids is 1. The van der Waals surface area contributed by atoms with Crippen molar-refractivity contribution in [2.45, 2.75) is 50.0 Å². The van der Waals surface area contributed by atoms with Crippen LogP contribution < -0.4 is 5.73 Å². The summed E-state index contributed by atoms with van der Waals surface area (Å²) in [6.07, 6.45) is 4.11. The van der Waals surface area contributed by atoms with Crippen LogP contribution >= 0.6 is 0 Å². The molecule has 1 aliphatic carbocycles. The van der Waals surface area contributed by atoms with E-state index >= 15 is 0 Å². The van der Waals surface area contributed by atoms with Crippen LogP contribution in [0.2, 0.25) is 0 Å². The number of halogens is 1. The summed E-state index contributed by atoms with van der Waals surface area (Å²) in [5, 5.41) is 4.21. The number of nitrogens with zero attached hydrogens (tertiary/aromatic N) is 3. The predicted octanol–water partition coefficient (Wildman–Crippen LogP) is 2.48. The first-order valence-electron chi connectivity index (χ1n) is 9.09. The van der Waals surface area contributed by atoms with Crippen LogP contribution in [0.1, 0.15) is 56.3 Å². The molecule has 26 heavy (non-hydrogen) atoms. The van der Waals surface area contributed by atoms with Crippen molar-refractivity contribution in [1.29, 1.82) is 0 Å². The fourth-order valence-corrected chi connectivity index (χ4v) is 4.34. The molecule has 138 valence electrons. The molecule has 1 aromatic heterocycles. The van der Waals surface area contributed by atoms with Crippen LogP contribution in [-0.2, 0) is 15.7 Å². The second-order valence-corrected chi connectivity index (χ2v) is 7.54. The summed E-state index contributed by atoms with van der Waals surface area (Å²) in [4.78, 5) is 17.9. The van der Waals surface area contributed by atoms with Crippen molar-refractivity contribution in [3.05, 3.63) is 47.4 Å². The number of carbonyl (C=O) groups is 1. The molecular weight excluding hydrogens is 335 g/mol. The van der Waals surface area contributed by atoms with Gasteiger partial charge in [0.1, 0.15) is 11.4 Å². The number of hydrogen-bond donors (Lipinski definition) is 1. The first-order chi connectivity index (χ1) is 12.4. The van der Waals surface area contributed by atoms with Crippen LogP contribution in [0.5, 0.6) is 0 Å². The molecule has 6 nitrogen and oxygen atoms in total. The Balaban J connectivity index is 1.70. The number of amides is 1. The molecule has 1 aromatic carbocycles. The van der Waals surface area contributed by atoms with Gasteiger partial charge >= 0.3 is 0 Å². The zero-order chi connectivity index (χ0) is 18.4. The van der Waals surface area contributed by atoms with Crippen molar-refractivity contribution in [3.63, 3.8) is 0 Å². The quantitative estimate of drug-likeness (QED) is 0.911. The molecular formula is C19H23FN4O2. The summed E-state index contributed by atoms with van der Waals surface area (Å²) in [6.45, 7) is 2.45. The molecule has 1 saturated heterocycles. The first kappa shape index (κ1) is 17.1. The van der Waals surface area contributed by atoms with E-state index in [0.29, 0.717) is 36.8 Å². The molecule has 1 aliphatic heterocycles. The van der Waals surface area contributed by atoms with Gasteiger partial charge in [-0.3, -0.25) is 4.79 Å². The summed E-state index contributed by atoms with van der Waals surface area (Å²) >= 11 is 0. The van der Waals surface area contributed by atoms with Crippen LogP contribution in [-0.4, -0.2) is 34.0 Å². The molecule has 0 bridgehead atoms. The van der Waals surface area contributed by atoms with Gasteiger partial charge in [-0.05, 0) is 25.3 Å². The number of rotatable bonds is 3. The molecule has 0 spiro atoms. The topological polar surface area (TPSA) is 85.2 Å². The van der Waals surface area contributed by atoms with Crippen LogP contribution in [0.4, 0.5) is 4.39 Å². The maximum Gasteiger partial charge on any atom is 0.248 e. The highest BCUT2D eigenvalue weighted by atomic mass is 19.1. The zero-order valence-electron chi connectivity index (χ0n) is 14.9. The minimum Gasteiger partial charge on any atom is -0.340 e. The largest absolute Gasteiger partial charge is 0.340 e. The van der Waals surface area contributed by atoms with Crippen LogP contribution in [0.25, 0.3) is 0 Å². The second-order valence-electron chi connectivity index (χ2n) is 7.54. The fraction of sp³-hybridized carbons (Fsp3) is 0.526. The molecule has 4 rings (SSSR count). The molecule has 1 saturated carbocycles. The fourth-order valence-electron chi connectivity index (χ4n) is 4.34. The molecule has 2 heterocycles. The highest BCUT2D eigenvalue weighted by Gasteiger charge is 2.46. The molecule has 2 fully saturated rings. The predicted molar refractivity (Wildman–Crippen MR) is 92.7 cm³/mol. The van der Waals surface area contributed by atoms with Gasteiger partial charge in [0.15, 0.2) is 5.82 Å². The maximum absolute atomic E-state index is 14.5. The van der Waals surface area contributed by atoms with Crippen LogP contribution in [0, 0.1) is 5.82 Å². The van der Waals surface area contributed by atoms with Crippen molar-refractivity contribution in [2.75, 3.05) is 13.1 Å². The average Bonchev–Trinajstić information content (AvgIpc) is 3.35. The van der Waals surface area contributed by atoms with E-state index in [4.69, 9.17) is 10.3 Å². The van der Waals surface area contributed by atoms with Gasteiger partial charge in [-0.25, -0.2) is 4.39 Å². The molecule has 1 atom stereocenters. The molecule has 1 unspecified atom stereocenters. The lowest BCUT2D eigenvalue weighted by atomic mass is 9.78. The number of nitrogens with two attached hydrogens (primary N) is 1. The Bertz CT molecular complexity index is 830. The summed E-state index contributed by atoms with van der Waals surface area (Å²) in [5.74, 6) is 0.572. The standard InChI is InChI=1S/C19H23FN4O2/c1-13(25)24-11-10-19(21,12-24)17-22-16(23-26-17)18(8-4-5-9-18)14-6-2-3-7-15(14)20/h2-3,6-7H,4-5,8-12,21H2,1H3. The van der Waals surface area contributed by atoms with Crippen molar-refractivity contribution < 1.29 is 13.7 Å². The number of benzene rings is 1. The summed E-state index contributed by atoms with van der Waals surface area (Å²) in [5.41, 5.74) is 5.68. The Kier molecular flexibility index (Phi) is 4.06. The molecule has 2 aliphatic rings. The third kappa shape index (κ3) is 2.61. The summed E-state index contributed by atoms with van der Waals surface area (Å²) < 4.78 is 20.1. The van der Waals surface area contributed by atoms with E-state index in [-0.39, 0.29) is 11.7 Å². The van der Waals surface area contributed by atoms with E-state index in [2.05, 4.69) is 10.1 Å². The highest BCUT2D eigenvalue weighted by molar-refractivity contribution is 5.73. The monoisotopic (exact) mass is 358 g/mol. The Morgan fingerprint density at radius 3 is 2.65 bits per heavy atom. The van der Waals surface area contributed by atoms with Gasteiger partial charge in [0, 0.05) is 25.6 Å². The molecule has 2 N–H and O–H groups in total. The normalized spacial score (nSPS) is 25.0. The minimum atomic E-state index is -0.841. The Morgan fingerprint density at radius 1 is 1.27 bits per heavy atom. The molecule has 0 radical (unpaired) electrons. The number of likely N-dealkylation sites (tertiary alicyclic amines) is 1. The number of aromatic nitrogens is 2. The smallest absolute Gasteiger partial charge is 0.248 e. The Morgan fingerprint density at radius 2 is 2.00 bits per heavy atom. The maximum atomic E-state index is 14.5. The van der Waals surface area contributed by atoms with E-state index in [0.717, 1.165) is 25.7 Å². The SMILES string of the molecule is CC(=O)N1CCC(N)(c2nc(C3(c4ccccc4F)CCCC3)no2)C1. The van der Waals surface area contributed by atoms with E-state index in [1.165, 1.54) is 13.0 Å². The van der Waals surface area contributed by atoms with Crippen molar-refractivity contribution in [2.24, 2.45) is 5.73 Å². The van der Waals surface area contributed by atoms with E-state index in [9.17, 15) is 9.18 Å². The summed E-state index contributed by atoms with van der Waals surface area (Å²) in [6, 6.07) is 6.81. The van der Waals surface area contributed by atoms with Crippen molar-refractivity contribution >= 4 is 5.91 Å². The lowest BCUT2D eigenvalue weighted by Crippen LogP contribution is -2.41. The van der Waals surface area contributed by atoms with Crippen LogP contribution in [0.15, 0.2) is 28.8 Å². The van der Waals surface area contributed by atoms with E-state index in [1.54, 1.807) is 11.0 Å². The lowest BCUT2D eigenvalue weighted by Gasteiger charge is -2.26. The van der Waals surface area contributed by atoms with Gasteiger partial charge in [-0.2, -0.15) is 4.98 Å². The van der Waals surface area contributed by atoms with E-state index in [1.807, 2.05) is 12.1 Å². The minimum absolute atomic E-state index is 0.0179. The average molecular weight is 358 g/mol. The lowest BCUT2D eigenvalue weighted by molar-refractivity contribution is -0.128.